The van der Waals surface area contributed by atoms with Gasteiger partial charge in [0, 0.05) is 12.6 Å². The second-order valence-electron chi connectivity index (χ2n) is 10.3. The van der Waals surface area contributed by atoms with Crippen LogP contribution in [-0.4, -0.2) is 13.2 Å². The van der Waals surface area contributed by atoms with Crippen molar-refractivity contribution in [2.24, 2.45) is 23.2 Å². The third-order valence-corrected chi connectivity index (χ3v) is 8.15. The molecule has 2 aromatic carbocycles. The molecule has 4 aliphatic rings. The van der Waals surface area contributed by atoms with Gasteiger partial charge in [0.2, 0.25) is 0 Å². The summed E-state index contributed by atoms with van der Waals surface area (Å²) in [5.74, 6) is 4.16. The van der Waals surface area contributed by atoms with Gasteiger partial charge in [0.25, 0.3) is 0 Å². The Morgan fingerprint density at radius 2 is 1.55 bits per heavy atom. The van der Waals surface area contributed by atoms with Gasteiger partial charge >= 0.3 is 0 Å². The number of rotatable bonds is 8. The molecule has 1 unspecified atom stereocenters. The Morgan fingerprint density at radius 1 is 0.935 bits per heavy atom. The molecule has 1 atom stereocenters. The average molecular weight is 424 g/mol. The Bertz CT molecular complexity index is 875. The van der Waals surface area contributed by atoms with Crippen molar-refractivity contribution >= 4 is 0 Å². The van der Waals surface area contributed by atoms with Gasteiger partial charge in [-0.25, -0.2) is 4.39 Å². The second-order valence-corrected chi connectivity index (χ2v) is 10.3. The zero-order valence-corrected chi connectivity index (χ0v) is 18.7. The molecule has 4 heteroatoms. The summed E-state index contributed by atoms with van der Waals surface area (Å²) >= 11 is 0. The monoisotopic (exact) mass is 423 g/mol. The van der Waals surface area contributed by atoms with Crippen LogP contribution in [0.1, 0.15) is 56.6 Å². The van der Waals surface area contributed by atoms with Crippen LogP contribution >= 0.6 is 0 Å². The lowest BCUT2D eigenvalue weighted by Crippen LogP contribution is -2.54. The molecule has 4 fully saturated rings. The molecule has 0 saturated heterocycles. The van der Waals surface area contributed by atoms with Crippen LogP contribution in [-0.2, 0) is 13.2 Å². The first-order valence-electron chi connectivity index (χ1n) is 11.8. The van der Waals surface area contributed by atoms with Gasteiger partial charge in [-0.3, -0.25) is 0 Å². The van der Waals surface area contributed by atoms with E-state index in [2.05, 4.69) is 24.4 Å². The molecule has 0 spiro atoms. The minimum atomic E-state index is -0.235. The molecular weight excluding hydrogens is 389 g/mol. The van der Waals surface area contributed by atoms with Crippen LogP contribution in [0.3, 0.4) is 0 Å². The smallest absolute Gasteiger partial charge is 0.161 e. The van der Waals surface area contributed by atoms with Crippen LogP contribution in [0, 0.1) is 29.0 Å². The van der Waals surface area contributed by atoms with E-state index in [1.165, 1.54) is 56.2 Å². The Balaban J connectivity index is 1.20. The molecular formula is C27H34FNO2. The van der Waals surface area contributed by atoms with Crippen LogP contribution in [0.5, 0.6) is 11.5 Å². The van der Waals surface area contributed by atoms with Crippen LogP contribution in [0.4, 0.5) is 4.39 Å². The highest BCUT2D eigenvalue weighted by Crippen LogP contribution is 2.61. The van der Waals surface area contributed by atoms with E-state index in [-0.39, 0.29) is 5.82 Å². The number of halogens is 1. The molecule has 166 valence electrons. The fourth-order valence-corrected chi connectivity index (χ4v) is 6.88. The topological polar surface area (TPSA) is 30.5 Å². The zero-order chi connectivity index (χ0) is 21.4. The van der Waals surface area contributed by atoms with Crippen LogP contribution in [0.15, 0.2) is 42.5 Å². The number of nitrogens with one attached hydrogen (secondary N) is 1. The second kappa shape index (κ2) is 8.46. The third kappa shape index (κ3) is 4.32. The van der Waals surface area contributed by atoms with Crippen molar-refractivity contribution in [3.8, 4) is 11.5 Å². The molecule has 0 radical (unpaired) electrons. The molecule has 4 bridgehead atoms. The lowest BCUT2D eigenvalue weighted by atomic mass is 9.48. The summed E-state index contributed by atoms with van der Waals surface area (Å²) in [6, 6.07) is 13.1. The molecule has 1 N–H and O–H groups in total. The first-order valence-corrected chi connectivity index (χ1v) is 11.8. The van der Waals surface area contributed by atoms with Crippen molar-refractivity contribution in [3.05, 3.63) is 59.4 Å². The maximum Gasteiger partial charge on any atom is 0.161 e. The quantitative estimate of drug-likeness (QED) is 0.556. The van der Waals surface area contributed by atoms with Crippen molar-refractivity contribution in [3.63, 3.8) is 0 Å². The van der Waals surface area contributed by atoms with Crippen molar-refractivity contribution in [1.82, 2.24) is 5.32 Å². The minimum Gasteiger partial charge on any atom is -0.493 e. The lowest BCUT2D eigenvalue weighted by Gasteiger charge is -2.59. The zero-order valence-electron chi connectivity index (χ0n) is 18.7. The number of methoxy groups -OCH3 is 1. The molecule has 6 rings (SSSR count). The van der Waals surface area contributed by atoms with E-state index in [9.17, 15) is 4.39 Å². The summed E-state index contributed by atoms with van der Waals surface area (Å²) in [4.78, 5) is 0. The van der Waals surface area contributed by atoms with E-state index in [0.717, 1.165) is 35.6 Å². The molecule has 4 aliphatic carbocycles. The highest BCUT2D eigenvalue weighted by Gasteiger charge is 2.52. The Kier molecular flexibility index (Phi) is 5.68. The molecule has 31 heavy (non-hydrogen) atoms. The number of hydrogen-bond acceptors (Lipinski definition) is 3. The molecule has 0 heterocycles. The van der Waals surface area contributed by atoms with E-state index >= 15 is 0 Å². The molecule has 0 aliphatic heterocycles. The van der Waals surface area contributed by atoms with Crippen LogP contribution in [0.2, 0.25) is 0 Å². The van der Waals surface area contributed by atoms with E-state index in [1.807, 2.05) is 6.07 Å². The largest absolute Gasteiger partial charge is 0.493 e. The summed E-state index contributed by atoms with van der Waals surface area (Å²) in [6.45, 7) is 3.64. The minimum absolute atomic E-state index is 0.235. The first kappa shape index (κ1) is 20.8. The van der Waals surface area contributed by atoms with Gasteiger partial charge in [0.1, 0.15) is 12.4 Å². The van der Waals surface area contributed by atoms with E-state index in [1.54, 1.807) is 19.2 Å². The summed E-state index contributed by atoms with van der Waals surface area (Å²) in [6.07, 6.45) is 8.74. The highest BCUT2D eigenvalue weighted by atomic mass is 19.1. The van der Waals surface area contributed by atoms with E-state index < -0.39 is 0 Å². The summed E-state index contributed by atoms with van der Waals surface area (Å²) in [5, 5.41) is 3.86. The van der Waals surface area contributed by atoms with Gasteiger partial charge < -0.3 is 14.8 Å². The maximum absolute atomic E-state index is 13.1. The van der Waals surface area contributed by atoms with Gasteiger partial charge in [-0.2, -0.15) is 0 Å². The predicted molar refractivity (Wildman–Crippen MR) is 121 cm³/mol. The standard InChI is InChI=1S/C27H34FNO2/c1-18(27-13-21-9-22(14-27)11-23(10-21)15-27)29-16-20-5-8-25(26(12-20)30-2)31-17-19-3-6-24(28)7-4-19/h3-8,12,18,21-23,29H,9-11,13-17H2,1-2H3. The van der Waals surface area contributed by atoms with Crippen LogP contribution in [0.25, 0.3) is 0 Å². The fraction of sp³-hybridized carbons (Fsp3) is 0.556. The third-order valence-electron chi connectivity index (χ3n) is 8.15. The van der Waals surface area contributed by atoms with Crippen molar-refractivity contribution in [2.75, 3.05) is 7.11 Å². The molecule has 4 saturated carbocycles. The predicted octanol–water partition coefficient (Wildman–Crippen LogP) is 6.11. The average Bonchev–Trinajstić information content (AvgIpc) is 2.76. The van der Waals surface area contributed by atoms with Crippen molar-refractivity contribution in [1.29, 1.82) is 0 Å². The summed E-state index contributed by atoms with van der Waals surface area (Å²) < 4.78 is 24.6. The number of benzene rings is 2. The van der Waals surface area contributed by atoms with Crippen molar-refractivity contribution in [2.45, 2.75) is 64.6 Å². The number of ether oxygens (including phenoxy) is 2. The van der Waals surface area contributed by atoms with Crippen molar-refractivity contribution < 1.29 is 13.9 Å². The van der Waals surface area contributed by atoms with Gasteiger partial charge in [0.15, 0.2) is 11.5 Å². The van der Waals surface area contributed by atoms with Gasteiger partial charge in [-0.05, 0) is 104 Å². The molecule has 0 aromatic heterocycles. The molecule has 3 nitrogen and oxygen atoms in total. The maximum atomic E-state index is 13.1. The summed E-state index contributed by atoms with van der Waals surface area (Å²) in [5.41, 5.74) is 2.65. The Morgan fingerprint density at radius 3 is 2.16 bits per heavy atom. The Hall–Kier alpha value is -2.07. The van der Waals surface area contributed by atoms with Gasteiger partial charge in [0.05, 0.1) is 7.11 Å². The number of hydrogen-bond donors (Lipinski definition) is 1. The fourth-order valence-electron chi connectivity index (χ4n) is 6.88. The lowest BCUT2D eigenvalue weighted by molar-refractivity contribution is -0.0706. The van der Waals surface area contributed by atoms with Gasteiger partial charge in [-0.15, -0.1) is 0 Å². The van der Waals surface area contributed by atoms with E-state index in [4.69, 9.17) is 9.47 Å². The SMILES string of the molecule is COc1cc(CNC(C)C23CC4CC(CC(C4)C2)C3)ccc1OCc1ccc(F)cc1. The summed E-state index contributed by atoms with van der Waals surface area (Å²) in [7, 11) is 1.68. The normalized spacial score (nSPS) is 29.7. The van der Waals surface area contributed by atoms with Gasteiger partial charge in [-0.1, -0.05) is 18.2 Å². The Labute approximate surface area is 185 Å². The van der Waals surface area contributed by atoms with Crippen LogP contribution < -0.4 is 14.8 Å². The highest BCUT2D eigenvalue weighted by molar-refractivity contribution is 5.43. The first-order chi connectivity index (χ1) is 15.0. The van der Waals surface area contributed by atoms with E-state index in [0.29, 0.717) is 23.8 Å². The molecule has 2 aromatic rings. The molecule has 0 amide bonds.